The van der Waals surface area contributed by atoms with Gasteiger partial charge in [-0.1, -0.05) is 12.1 Å². The van der Waals surface area contributed by atoms with Gasteiger partial charge in [0.15, 0.2) is 5.75 Å². The number of carbonyl (C=O) groups is 1. The third-order valence-electron chi connectivity index (χ3n) is 5.48. The molecule has 0 radical (unpaired) electrons. The number of hydrogen-bond acceptors (Lipinski definition) is 14. The Bertz CT molecular complexity index is 1970. The van der Waals surface area contributed by atoms with Crippen LogP contribution in [0.3, 0.4) is 0 Å². The number of aliphatic hydroxyl groups excluding tert-OH is 1. The van der Waals surface area contributed by atoms with E-state index in [1.807, 2.05) is 0 Å². The number of nitrogens with one attached hydrogen (secondary N) is 2. The monoisotopic (exact) mass is 619 g/mol. The van der Waals surface area contributed by atoms with E-state index in [0.29, 0.717) is 0 Å². The lowest BCUT2D eigenvalue weighted by molar-refractivity contribution is 0.0697. The van der Waals surface area contributed by atoms with Crippen LogP contribution < -0.4 is 10.6 Å². The number of anilines is 3. The first-order valence-corrected chi connectivity index (χ1v) is 14.4. The highest BCUT2D eigenvalue weighted by Gasteiger charge is 2.26. The zero-order valence-electron chi connectivity index (χ0n) is 21.3. The maximum atomic E-state index is 12.3. The van der Waals surface area contributed by atoms with E-state index in [1.165, 1.54) is 31.2 Å². The number of rotatable bonds is 10. The Hall–Kier alpha value is -4.82. The first-order chi connectivity index (χ1) is 19.7. The lowest BCUT2D eigenvalue weighted by Gasteiger charge is -2.15. The fraction of sp³-hybridized carbons (Fsp3) is 0.130. The first kappa shape index (κ1) is 30.1. The molecule has 0 atom stereocenters. The summed E-state index contributed by atoms with van der Waals surface area (Å²) in [7, 11) is -10.0. The lowest BCUT2D eigenvalue weighted by Crippen LogP contribution is -2.11. The van der Waals surface area contributed by atoms with Gasteiger partial charge in [-0.05, 0) is 42.6 Å². The second-order valence-electron chi connectivity index (χ2n) is 8.42. The van der Waals surface area contributed by atoms with Gasteiger partial charge in [-0.25, -0.2) is 4.79 Å². The Kier molecular flexibility index (Phi) is 8.31. The highest BCUT2D eigenvalue weighted by molar-refractivity contribution is 7.86. The van der Waals surface area contributed by atoms with Crippen molar-refractivity contribution in [3.05, 3.63) is 53.9 Å². The van der Waals surface area contributed by atoms with Crippen LogP contribution in [0.5, 0.6) is 5.75 Å². The van der Waals surface area contributed by atoms with Crippen molar-refractivity contribution < 1.29 is 46.1 Å². The largest absolute Gasteiger partial charge is 0.505 e. The van der Waals surface area contributed by atoms with Crippen molar-refractivity contribution in [2.24, 2.45) is 10.2 Å². The summed E-state index contributed by atoms with van der Waals surface area (Å²) in [5.74, 6) is -2.27. The number of hydrogen-bond donors (Lipinski definition) is 7. The minimum absolute atomic E-state index is 0.0266. The number of aromatic carboxylic acids is 1. The summed E-state index contributed by atoms with van der Waals surface area (Å²) in [5.41, 5.74) is -1.59. The molecule has 4 rings (SSSR count). The molecule has 0 saturated carbocycles. The van der Waals surface area contributed by atoms with Crippen LogP contribution in [0.15, 0.2) is 62.5 Å². The fourth-order valence-corrected chi connectivity index (χ4v) is 4.95. The van der Waals surface area contributed by atoms with Gasteiger partial charge >= 0.3 is 5.97 Å². The molecule has 4 aromatic rings. The number of carboxylic acids is 1. The van der Waals surface area contributed by atoms with Crippen LogP contribution in [0.2, 0.25) is 0 Å². The molecule has 0 aliphatic carbocycles. The number of azo groups is 1. The van der Waals surface area contributed by atoms with Crippen LogP contribution in [0.4, 0.5) is 29.0 Å². The molecule has 0 fully saturated rings. The average molecular weight is 620 g/mol. The quantitative estimate of drug-likeness (QED) is 0.0992. The van der Waals surface area contributed by atoms with Crippen LogP contribution in [-0.2, 0) is 20.2 Å². The van der Waals surface area contributed by atoms with Gasteiger partial charge in [-0.15, -0.1) is 10.2 Å². The summed E-state index contributed by atoms with van der Waals surface area (Å²) in [6.45, 7) is 1.35. The van der Waals surface area contributed by atoms with E-state index in [2.05, 4.69) is 35.8 Å². The number of carboxylic acid groups (broad SMARTS) is 1. The number of aryl methyl sites for hydroxylation is 1. The van der Waals surface area contributed by atoms with Gasteiger partial charge in [0.1, 0.15) is 22.1 Å². The highest BCUT2D eigenvalue weighted by atomic mass is 32.2. The van der Waals surface area contributed by atoms with E-state index in [9.17, 15) is 40.9 Å². The van der Waals surface area contributed by atoms with E-state index in [-0.39, 0.29) is 58.6 Å². The van der Waals surface area contributed by atoms with Gasteiger partial charge in [0.05, 0.1) is 22.8 Å². The number of aliphatic hydroxyl groups is 1. The number of aromatic nitrogens is 3. The van der Waals surface area contributed by atoms with E-state index in [0.717, 1.165) is 18.2 Å². The molecule has 19 heteroatoms. The summed E-state index contributed by atoms with van der Waals surface area (Å²) in [6, 6.07) is 7.81. The minimum Gasteiger partial charge on any atom is -0.505 e. The van der Waals surface area contributed by atoms with Gasteiger partial charge < -0.3 is 26.0 Å². The Balaban J connectivity index is 2.00. The van der Waals surface area contributed by atoms with Crippen molar-refractivity contribution in [2.75, 3.05) is 23.8 Å². The number of fused-ring (bicyclic) bond motifs is 1. The molecule has 220 valence electrons. The average Bonchev–Trinajstić information content (AvgIpc) is 2.89. The molecule has 0 aliphatic heterocycles. The first-order valence-electron chi connectivity index (χ1n) is 11.6. The van der Waals surface area contributed by atoms with Gasteiger partial charge in [-0.3, -0.25) is 9.11 Å². The lowest BCUT2D eigenvalue weighted by atomic mass is 10.1. The van der Waals surface area contributed by atoms with Gasteiger partial charge in [0.2, 0.25) is 11.9 Å². The molecule has 0 bridgehead atoms. The molecule has 42 heavy (non-hydrogen) atoms. The van der Waals surface area contributed by atoms with Gasteiger partial charge in [0, 0.05) is 11.9 Å². The third-order valence-corrected chi connectivity index (χ3v) is 7.18. The third kappa shape index (κ3) is 6.56. The number of benzene rings is 3. The summed E-state index contributed by atoms with van der Waals surface area (Å²) < 4.78 is 68.2. The Morgan fingerprint density at radius 3 is 2.29 bits per heavy atom. The molecule has 1 aromatic heterocycles. The topological polar surface area (TPSA) is 274 Å². The minimum atomic E-state index is -5.14. The van der Waals surface area contributed by atoms with Crippen LogP contribution in [0.25, 0.3) is 10.8 Å². The van der Waals surface area contributed by atoms with Crippen LogP contribution >= 0.6 is 0 Å². The number of aromatic hydroxyl groups is 1. The van der Waals surface area contributed by atoms with E-state index in [1.54, 1.807) is 0 Å². The normalized spacial score (nSPS) is 12.1. The van der Waals surface area contributed by atoms with Crippen molar-refractivity contribution in [3.63, 3.8) is 0 Å². The molecule has 0 amide bonds. The molecule has 0 unspecified atom stereocenters. The molecular weight excluding hydrogens is 598 g/mol. The van der Waals surface area contributed by atoms with Crippen LogP contribution in [0, 0.1) is 6.92 Å². The maximum Gasteiger partial charge on any atom is 0.337 e. The van der Waals surface area contributed by atoms with Crippen molar-refractivity contribution in [1.82, 2.24) is 15.0 Å². The highest BCUT2D eigenvalue weighted by Crippen LogP contribution is 2.45. The van der Waals surface area contributed by atoms with Crippen molar-refractivity contribution >= 4 is 65.9 Å². The van der Waals surface area contributed by atoms with Gasteiger partial charge in [0.25, 0.3) is 20.2 Å². The Morgan fingerprint density at radius 1 is 0.952 bits per heavy atom. The molecule has 1 heterocycles. The molecule has 17 nitrogen and oxygen atoms in total. The van der Waals surface area contributed by atoms with Crippen molar-refractivity contribution in [1.29, 1.82) is 0 Å². The van der Waals surface area contributed by atoms with E-state index < -0.39 is 47.4 Å². The number of phenolic OH excluding ortho intramolecular Hbond substituents is 1. The Labute approximate surface area is 237 Å². The van der Waals surface area contributed by atoms with E-state index in [4.69, 9.17) is 5.11 Å². The Morgan fingerprint density at radius 2 is 1.64 bits per heavy atom. The SMILES string of the molecule is Cc1nc(NCCO)nc(Nc2cc(S(=O)(=O)O)cc3cc(S(=O)(=O)O)c(N=Nc4ccccc4C(=O)O)c(O)c23)n1. The summed E-state index contributed by atoms with van der Waals surface area (Å²) in [5, 5.41) is 42.0. The second kappa shape index (κ2) is 11.6. The molecule has 0 saturated heterocycles. The summed E-state index contributed by atoms with van der Waals surface area (Å²) in [4.78, 5) is 22.0. The van der Waals surface area contributed by atoms with Crippen LogP contribution in [0.1, 0.15) is 16.2 Å². The molecule has 0 spiro atoms. The molecular formula is C23H21N7O10S2. The standard InChI is InChI=1S/C23H21N7O10S2/c1-11-25-22(24-6-7-31)28-23(26-11)27-16-10-13(41(35,36)37)8-12-9-17(42(38,39)40)19(20(32)18(12)16)30-29-15-5-3-2-4-14(15)21(33)34/h2-5,8-10,31-32H,6-7H2,1H3,(H,33,34)(H,35,36,37)(H,38,39,40)(H2,24,25,26,27,28). The zero-order chi connectivity index (χ0) is 30.8. The van der Waals surface area contributed by atoms with Crippen molar-refractivity contribution in [2.45, 2.75) is 16.7 Å². The van der Waals surface area contributed by atoms with Crippen molar-refractivity contribution in [3.8, 4) is 5.75 Å². The van der Waals surface area contributed by atoms with Crippen LogP contribution in [-0.4, -0.2) is 75.3 Å². The molecule has 0 aliphatic rings. The number of phenols is 1. The zero-order valence-corrected chi connectivity index (χ0v) is 22.9. The van der Waals surface area contributed by atoms with Gasteiger partial charge in [-0.2, -0.15) is 31.8 Å². The predicted molar refractivity (Wildman–Crippen MR) is 146 cm³/mol. The predicted octanol–water partition coefficient (Wildman–Crippen LogP) is 2.79. The fourth-order valence-electron chi connectivity index (χ4n) is 3.75. The molecule has 3 aromatic carbocycles. The number of nitrogens with zero attached hydrogens (tertiary/aromatic N) is 5. The maximum absolute atomic E-state index is 12.3. The summed E-state index contributed by atoms with van der Waals surface area (Å²) >= 11 is 0. The molecule has 7 N–H and O–H groups in total. The van der Waals surface area contributed by atoms with E-state index >= 15 is 0 Å². The second-order valence-corrected chi connectivity index (χ2v) is 11.2. The smallest absolute Gasteiger partial charge is 0.337 e. The summed E-state index contributed by atoms with van der Waals surface area (Å²) in [6.07, 6.45) is 0.